The molecule has 0 fully saturated rings. The molecule has 2 N–H and O–H groups in total. The number of carbonyl (C=O) groups excluding carboxylic acids is 1. The van der Waals surface area contributed by atoms with Crippen LogP contribution in [0.5, 0.6) is 5.75 Å². The minimum absolute atomic E-state index is 0.283. The molecule has 0 amide bonds. The third-order valence-electron chi connectivity index (χ3n) is 3.52. The SMILES string of the molecule is COC(=O)c1cccc(Nc2cnnc(Nc3ccc(OC)c(Cl)c3)n2)c1. The van der Waals surface area contributed by atoms with Gasteiger partial charge in [0.2, 0.25) is 5.95 Å². The minimum Gasteiger partial charge on any atom is -0.495 e. The van der Waals surface area contributed by atoms with Crippen LogP contribution in [0, 0.1) is 0 Å². The van der Waals surface area contributed by atoms with Crippen molar-refractivity contribution in [3.63, 3.8) is 0 Å². The lowest BCUT2D eigenvalue weighted by Gasteiger charge is -2.09. The molecule has 27 heavy (non-hydrogen) atoms. The summed E-state index contributed by atoms with van der Waals surface area (Å²) in [5.41, 5.74) is 1.78. The fraction of sp³-hybridized carbons (Fsp3) is 0.111. The molecule has 0 aliphatic rings. The first-order valence-corrected chi connectivity index (χ1v) is 8.22. The molecule has 1 aromatic heterocycles. The molecule has 0 aliphatic carbocycles. The van der Waals surface area contributed by atoms with Crippen molar-refractivity contribution in [3.05, 3.63) is 59.2 Å². The van der Waals surface area contributed by atoms with Gasteiger partial charge in [0.15, 0.2) is 5.82 Å². The van der Waals surface area contributed by atoms with Gasteiger partial charge in [0, 0.05) is 11.4 Å². The zero-order valence-corrected chi connectivity index (χ0v) is 15.3. The molecule has 3 aromatic rings. The molecule has 3 rings (SSSR count). The Hall–Kier alpha value is -3.39. The van der Waals surface area contributed by atoms with Crippen LogP contribution in [0.25, 0.3) is 0 Å². The van der Waals surface area contributed by atoms with E-state index >= 15 is 0 Å². The topological polar surface area (TPSA) is 98.3 Å². The number of hydrogen-bond acceptors (Lipinski definition) is 8. The number of nitrogens with one attached hydrogen (secondary N) is 2. The van der Waals surface area contributed by atoms with Crippen LogP contribution in [-0.4, -0.2) is 35.4 Å². The number of rotatable bonds is 6. The summed E-state index contributed by atoms with van der Waals surface area (Å²) in [6.45, 7) is 0. The predicted molar refractivity (Wildman–Crippen MR) is 102 cm³/mol. The second kappa shape index (κ2) is 8.33. The van der Waals surface area contributed by atoms with Crippen molar-refractivity contribution in [2.75, 3.05) is 24.9 Å². The smallest absolute Gasteiger partial charge is 0.337 e. The lowest BCUT2D eigenvalue weighted by atomic mass is 10.2. The summed E-state index contributed by atoms with van der Waals surface area (Å²) in [6.07, 6.45) is 1.47. The van der Waals surface area contributed by atoms with Crippen molar-refractivity contribution < 1.29 is 14.3 Å². The van der Waals surface area contributed by atoms with E-state index in [1.165, 1.54) is 13.3 Å². The average Bonchev–Trinajstić information content (AvgIpc) is 2.68. The molecule has 0 bridgehead atoms. The van der Waals surface area contributed by atoms with Crippen LogP contribution in [0.1, 0.15) is 10.4 Å². The number of halogens is 1. The van der Waals surface area contributed by atoms with Crippen molar-refractivity contribution >= 4 is 40.7 Å². The maximum Gasteiger partial charge on any atom is 0.337 e. The summed E-state index contributed by atoms with van der Waals surface area (Å²) in [5, 5.41) is 14.4. The molecule has 8 nitrogen and oxygen atoms in total. The van der Waals surface area contributed by atoms with Crippen LogP contribution in [0.15, 0.2) is 48.7 Å². The number of esters is 1. The van der Waals surface area contributed by atoms with E-state index in [1.807, 2.05) is 0 Å². The van der Waals surface area contributed by atoms with Crippen molar-refractivity contribution in [1.29, 1.82) is 0 Å². The standard InChI is InChI=1S/C18H16ClN5O3/c1-26-15-7-6-13(9-14(15)19)22-18-23-16(10-20-24-18)21-12-5-3-4-11(8-12)17(25)27-2/h3-10H,1-2H3,(H2,21,22,23,24). The molecule has 0 saturated carbocycles. The van der Waals surface area contributed by atoms with Gasteiger partial charge in [-0.25, -0.2) is 4.79 Å². The molecule has 0 radical (unpaired) electrons. The highest BCUT2D eigenvalue weighted by atomic mass is 35.5. The average molecular weight is 386 g/mol. The van der Waals surface area contributed by atoms with Gasteiger partial charge in [-0.05, 0) is 36.4 Å². The molecule has 0 unspecified atom stereocenters. The zero-order chi connectivity index (χ0) is 19.2. The Balaban J connectivity index is 1.76. The van der Waals surface area contributed by atoms with E-state index in [0.717, 1.165) is 0 Å². The molecule has 2 aromatic carbocycles. The number of nitrogens with zero attached hydrogens (tertiary/aromatic N) is 3. The summed E-state index contributed by atoms with van der Waals surface area (Å²) in [7, 11) is 2.88. The van der Waals surface area contributed by atoms with Gasteiger partial charge in [0.25, 0.3) is 0 Å². The molecule has 0 saturated heterocycles. The number of anilines is 4. The summed E-state index contributed by atoms with van der Waals surface area (Å²) >= 11 is 6.12. The van der Waals surface area contributed by atoms with E-state index in [9.17, 15) is 4.79 Å². The molecule has 1 heterocycles. The highest BCUT2D eigenvalue weighted by Crippen LogP contribution is 2.28. The summed E-state index contributed by atoms with van der Waals surface area (Å²) in [5.74, 6) is 0.889. The molecule has 9 heteroatoms. The van der Waals surface area contributed by atoms with Crippen LogP contribution >= 0.6 is 11.6 Å². The molecule has 0 aliphatic heterocycles. The maximum absolute atomic E-state index is 11.6. The van der Waals surface area contributed by atoms with E-state index in [2.05, 4.69) is 25.8 Å². The van der Waals surface area contributed by atoms with E-state index < -0.39 is 5.97 Å². The first-order valence-electron chi connectivity index (χ1n) is 7.84. The van der Waals surface area contributed by atoms with E-state index in [1.54, 1.807) is 49.6 Å². The molecule has 138 valence electrons. The quantitative estimate of drug-likeness (QED) is 0.618. The van der Waals surface area contributed by atoms with Gasteiger partial charge in [-0.1, -0.05) is 17.7 Å². The summed E-state index contributed by atoms with van der Waals surface area (Å²) < 4.78 is 9.84. The van der Waals surface area contributed by atoms with E-state index in [-0.39, 0.29) is 5.95 Å². The molecular formula is C18H16ClN5O3. The van der Waals surface area contributed by atoms with Gasteiger partial charge >= 0.3 is 5.97 Å². The number of methoxy groups -OCH3 is 2. The fourth-order valence-corrected chi connectivity index (χ4v) is 2.54. The van der Waals surface area contributed by atoms with Crippen LogP contribution in [0.4, 0.5) is 23.1 Å². The predicted octanol–water partition coefficient (Wildman–Crippen LogP) is 3.81. The van der Waals surface area contributed by atoms with Crippen molar-refractivity contribution in [1.82, 2.24) is 15.2 Å². The number of hydrogen-bond donors (Lipinski definition) is 2. The summed E-state index contributed by atoms with van der Waals surface area (Å²) in [4.78, 5) is 16.0. The Morgan fingerprint density at radius 3 is 2.63 bits per heavy atom. The minimum atomic E-state index is -0.418. The van der Waals surface area contributed by atoms with Crippen molar-refractivity contribution in [2.24, 2.45) is 0 Å². The molecule has 0 atom stereocenters. The van der Waals surface area contributed by atoms with E-state index in [0.29, 0.717) is 33.5 Å². The Morgan fingerprint density at radius 2 is 1.89 bits per heavy atom. The van der Waals surface area contributed by atoms with Gasteiger partial charge in [-0.2, -0.15) is 10.1 Å². The van der Waals surface area contributed by atoms with E-state index in [4.69, 9.17) is 21.1 Å². The third kappa shape index (κ3) is 4.62. The highest BCUT2D eigenvalue weighted by molar-refractivity contribution is 6.32. The number of carbonyl (C=O) groups is 1. The lowest BCUT2D eigenvalue weighted by Crippen LogP contribution is -2.04. The van der Waals surface area contributed by atoms with Gasteiger partial charge in [-0.15, -0.1) is 5.10 Å². The maximum atomic E-state index is 11.6. The van der Waals surface area contributed by atoms with Gasteiger partial charge in [-0.3, -0.25) is 0 Å². The van der Waals surface area contributed by atoms with Gasteiger partial charge in [0.05, 0.1) is 31.0 Å². The monoisotopic (exact) mass is 385 g/mol. The zero-order valence-electron chi connectivity index (χ0n) is 14.6. The van der Waals surface area contributed by atoms with Crippen LogP contribution in [0.3, 0.4) is 0 Å². The van der Waals surface area contributed by atoms with Gasteiger partial charge < -0.3 is 20.1 Å². The van der Waals surface area contributed by atoms with Crippen LogP contribution in [-0.2, 0) is 4.74 Å². The molecular weight excluding hydrogens is 370 g/mol. The first-order chi connectivity index (χ1) is 13.1. The van der Waals surface area contributed by atoms with Crippen LogP contribution < -0.4 is 15.4 Å². The van der Waals surface area contributed by atoms with Crippen LogP contribution in [0.2, 0.25) is 5.02 Å². The third-order valence-corrected chi connectivity index (χ3v) is 3.82. The Bertz CT molecular complexity index is 967. The summed E-state index contributed by atoms with van der Waals surface area (Å²) in [6, 6.07) is 12.1. The second-order valence-electron chi connectivity index (χ2n) is 5.34. The van der Waals surface area contributed by atoms with Crippen molar-refractivity contribution in [3.8, 4) is 5.75 Å². The lowest BCUT2D eigenvalue weighted by molar-refractivity contribution is 0.0601. The highest BCUT2D eigenvalue weighted by Gasteiger charge is 2.08. The molecule has 0 spiro atoms. The number of aromatic nitrogens is 3. The first kappa shape index (κ1) is 18.4. The fourth-order valence-electron chi connectivity index (χ4n) is 2.28. The van der Waals surface area contributed by atoms with Gasteiger partial charge in [0.1, 0.15) is 5.75 Å². The Labute approximate surface area is 160 Å². The Kier molecular flexibility index (Phi) is 5.68. The normalized spacial score (nSPS) is 10.2. The second-order valence-corrected chi connectivity index (χ2v) is 5.74. The number of benzene rings is 2. The Morgan fingerprint density at radius 1 is 1.07 bits per heavy atom. The number of ether oxygens (including phenoxy) is 2. The largest absolute Gasteiger partial charge is 0.495 e. The van der Waals surface area contributed by atoms with Crippen molar-refractivity contribution in [2.45, 2.75) is 0 Å².